The quantitative estimate of drug-likeness (QED) is 0.442. The lowest BCUT2D eigenvalue weighted by atomic mass is 10.1. The number of amides is 1. The van der Waals surface area contributed by atoms with Gasteiger partial charge in [-0.25, -0.2) is 14.6 Å². The predicted octanol–water partition coefficient (Wildman–Crippen LogP) is 4.94. The number of imidazole rings is 1. The molecule has 5 rings (SSSR count). The van der Waals surface area contributed by atoms with Gasteiger partial charge in [0.2, 0.25) is 0 Å². The molecule has 1 aromatic carbocycles. The van der Waals surface area contributed by atoms with E-state index in [1.165, 1.54) is 0 Å². The largest absolute Gasteiger partial charge is 0.486 e. The molecule has 0 bridgehead atoms. The first-order chi connectivity index (χ1) is 16.2. The van der Waals surface area contributed by atoms with E-state index >= 15 is 0 Å². The number of rotatable bonds is 6. The highest BCUT2D eigenvalue weighted by molar-refractivity contribution is 6.12. The van der Waals surface area contributed by atoms with Gasteiger partial charge in [-0.05, 0) is 70.9 Å². The molecule has 1 amide bonds. The van der Waals surface area contributed by atoms with E-state index in [0.29, 0.717) is 29.5 Å². The Labute approximate surface area is 199 Å². The summed E-state index contributed by atoms with van der Waals surface area (Å²) in [4.78, 5) is 22.6. The Balaban J connectivity index is 1.40. The molecule has 0 atom stereocenters. The Morgan fingerprint density at radius 1 is 1.21 bits per heavy atom. The molecule has 1 saturated carbocycles. The monoisotopic (exact) mass is 458 g/mol. The molecule has 176 valence electrons. The smallest absolute Gasteiger partial charge is 0.256 e. The topological polar surface area (TPSA) is 86.9 Å². The van der Waals surface area contributed by atoms with Crippen molar-refractivity contribution in [2.24, 2.45) is 7.05 Å². The van der Waals surface area contributed by atoms with Crippen molar-refractivity contribution in [1.29, 1.82) is 0 Å². The normalized spacial score (nSPS) is 13.9. The number of carbonyl (C=O) groups is 1. The predicted molar refractivity (Wildman–Crippen MR) is 131 cm³/mol. The van der Waals surface area contributed by atoms with Gasteiger partial charge in [0.15, 0.2) is 5.65 Å². The highest BCUT2D eigenvalue weighted by Gasteiger charge is 2.30. The van der Waals surface area contributed by atoms with Gasteiger partial charge in [-0.3, -0.25) is 4.79 Å². The van der Waals surface area contributed by atoms with Crippen molar-refractivity contribution in [3.63, 3.8) is 0 Å². The van der Waals surface area contributed by atoms with Crippen LogP contribution >= 0.6 is 0 Å². The van der Waals surface area contributed by atoms with E-state index < -0.39 is 0 Å². The Kier molecular flexibility index (Phi) is 5.38. The van der Waals surface area contributed by atoms with Crippen LogP contribution in [0.25, 0.3) is 11.0 Å². The SMILES string of the molecule is Cc1nn(C(C)(C)C)c2nc(C3CC3)cc(C(=O)Nc3ccc(OCc4nccn4C)cc3)c12. The van der Waals surface area contributed by atoms with Crippen LogP contribution in [-0.4, -0.2) is 30.2 Å². The van der Waals surface area contributed by atoms with Gasteiger partial charge < -0.3 is 14.6 Å². The first-order valence-corrected chi connectivity index (χ1v) is 11.6. The lowest BCUT2D eigenvalue weighted by molar-refractivity contribution is 0.102. The molecule has 1 N–H and O–H groups in total. The van der Waals surface area contributed by atoms with Crippen molar-refractivity contribution in [2.75, 3.05) is 5.32 Å². The number of aromatic nitrogens is 5. The second kappa shape index (κ2) is 8.27. The number of nitrogens with one attached hydrogen (secondary N) is 1. The number of ether oxygens (including phenoxy) is 1. The molecule has 4 aromatic rings. The minimum atomic E-state index is -0.236. The molecule has 0 radical (unpaired) electrons. The molecule has 8 nitrogen and oxygen atoms in total. The van der Waals surface area contributed by atoms with Gasteiger partial charge in [-0.15, -0.1) is 0 Å². The van der Waals surface area contributed by atoms with E-state index in [-0.39, 0.29) is 11.4 Å². The van der Waals surface area contributed by atoms with E-state index in [0.717, 1.165) is 41.1 Å². The molecule has 0 saturated heterocycles. The zero-order chi connectivity index (χ0) is 24.0. The second-order valence-corrected chi connectivity index (χ2v) is 9.96. The van der Waals surface area contributed by atoms with Crippen molar-refractivity contribution in [3.05, 3.63) is 65.5 Å². The molecule has 1 fully saturated rings. The molecular weight excluding hydrogens is 428 g/mol. The van der Waals surface area contributed by atoms with E-state index in [4.69, 9.17) is 14.8 Å². The number of carbonyl (C=O) groups excluding carboxylic acids is 1. The lowest BCUT2D eigenvalue weighted by Gasteiger charge is -2.20. The van der Waals surface area contributed by atoms with Crippen LogP contribution in [-0.2, 0) is 19.2 Å². The van der Waals surface area contributed by atoms with Crippen LogP contribution in [0.2, 0.25) is 0 Å². The average molecular weight is 459 g/mol. The molecule has 3 aromatic heterocycles. The number of benzene rings is 1. The molecule has 1 aliphatic carbocycles. The van der Waals surface area contributed by atoms with Gasteiger partial charge >= 0.3 is 0 Å². The van der Waals surface area contributed by atoms with Crippen molar-refractivity contribution in [3.8, 4) is 5.75 Å². The van der Waals surface area contributed by atoms with Crippen LogP contribution in [0.3, 0.4) is 0 Å². The Hall–Kier alpha value is -3.68. The van der Waals surface area contributed by atoms with Crippen LogP contribution in [0.15, 0.2) is 42.7 Å². The van der Waals surface area contributed by atoms with Crippen molar-refractivity contribution >= 4 is 22.6 Å². The summed E-state index contributed by atoms with van der Waals surface area (Å²) in [5.41, 5.74) is 3.64. The molecule has 0 unspecified atom stereocenters. The molecule has 3 heterocycles. The van der Waals surface area contributed by atoms with Gasteiger partial charge in [0.05, 0.1) is 22.2 Å². The minimum Gasteiger partial charge on any atom is -0.486 e. The Morgan fingerprint density at radius 2 is 1.94 bits per heavy atom. The van der Waals surface area contributed by atoms with Gasteiger partial charge in [-0.2, -0.15) is 5.10 Å². The Bertz CT molecular complexity index is 1360. The molecule has 0 aliphatic heterocycles. The number of fused-ring (bicyclic) bond motifs is 1. The zero-order valence-electron chi connectivity index (χ0n) is 20.3. The molecule has 0 spiro atoms. The van der Waals surface area contributed by atoms with Crippen molar-refractivity contribution < 1.29 is 9.53 Å². The van der Waals surface area contributed by atoms with Crippen LogP contribution < -0.4 is 10.1 Å². The fourth-order valence-corrected chi connectivity index (χ4v) is 4.06. The van der Waals surface area contributed by atoms with Crippen LogP contribution in [0, 0.1) is 6.92 Å². The summed E-state index contributed by atoms with van der Waals surface area (Å²) in [7, 11) is 1.93. The third kappa shape index (κ3) is 4.27. The number of nitrogens with zero attached hydrogens (tertiary/aromatic N) is 5. The van der Waals surface area contributed by atoms with Crippen LogP contribution in [0.1, 0.15) is 67.1 Å². The number of aryl methyl sites for hydroxylation is 2. The number of anilines is 1. The van der Waals surface area contributed by atoms with Gasteiger partial charge in [-0.1, -0.05) is 0 Å². The summed E-state index contributed by atoms with van der Waals surface area (Å²) >= 11 is 0. The number of hydrogen-bond donors (Lipinski definition) is 1. The highest BCUT2D eigenvalue weighted by atomic mass is 16.5. The third-order valence-corrected chi connectivity index (χ3v) is 6.11. The fourth-order valence-electron chi connectivity index (χ4n) is 4.06. The van der Waals surface area contributed by atoms with Gasteiger partial charge in [0, 0.05) is 36.7 Å². The van der Waals surface area contributed by atoms with Crippen molar-refractivity contribution in [2.45, 2.75) is 58.6 Å². The van der Waals surface area contributed by atoms with Gasteiger partial charge in [0.1, 0.15) is 18.2 Å². The lowest BCUT2D eigenvalue weighted by Crippen LogP contribution is -2.23. The van der Waals surface area contributed by atoms with Gasteiger partial charge in [0.25, 0.3) is 5.91 Å². The number of pyridine rings is 1. The maximum absolute atomic E-state index is 13.4. The summed E-state index contributed by atoms with van der Waals surface area (Å²) < 4.78 is 9.68. The van der Waals surface area contributed by atoms with Crippen LogP contribution in [0.4, 0.5) is 5.69 Å². The second-order valence-electron chi connectivity index (χ2n) is 9.96. The van der Waals surface area contributed by atoms with Crippen LogP contribution in [0.5, 0.6) is 5.75 Å². The van der Waals surface area contributed by atoms with E-state index in [2.05, 4.69) is 31.1 Å². The standard InChI is InChI=1S/C26H30N6O2/c1-16-23-20(14-21(17-6-7-17)29-24(23)32(30-16)26(2,3)4)25(33)28-18-8-10-19(11-9-18)34-15-22-27-12-13-31(22)5/h8-14,17H,6-7,15H2,1-5H3,(H,28,33). The molecular formula is C26H30N6O2. The maximum Gasteiger partial charge on any atom is 0.256 e. The summed E-state index contributed by atoms with van der Waals surface area (Å²) in [5, 5.41) is 8.60. The summed E-state index contributed by atoms with van der Waals surface area (Å²) in [6.07, 6.45) is 5.85. The maximum atomic E-state index is 13.4. The first kappa shape index (κ1) is 22.1. The van der Waals surface area contributed by atoms with E-state index in [1.54, 1.807) is 6.20 Å². The number of hydrogen-bond acceptors (Lipinski definition) is 5. The zero-order valence-corrected chi connectivity index (χ0v) is 20.3. The molecule has 1 aliphatic rings. The Morgan fingerprint density at radius 3 is 2.56 bits per heavy atom. The fraction of sp³-hybridized carbons (Fsp3) is 0.385. The van der Waals surface area contributed by atoms with E-state index in [1.807, 2.05) is 59.7 Å². The highest BCUT2D eigenvalue weighted by Crippen LogP contribution is 2.41. The molecule has 8 heteroatoms. The first-order valence-electron chi connectivity index (χ1n) is 11.6. The minimum absolute atomic E-state index is 0.160. The summed E-state index contributed by atoms with van der Waals surface area (Å²) in [6, 6.07) is 9.33. The third-order valence-electron chi connectivity index (χ3n) is 6.11. The average Bonchev–Trinajstić information content (AvgIpc) is 3.48. The van der Waals surface area contributed by atoms with Crippen molar-refractivity contribution in [1.82, 2.24) is 24.3 Å². The summed E-state index contributed by atoms with van der Waals surface area (Å²) in [6.45, 7) is 8.61. The summed E-state index contributed by atoms with van der Waals surface area (Å²) in [5.74, 6) is 1.82. The molecule has 34 heavy (non-hydrogen) atoms. The van der Waals surface area contributed by atoms with E-state index in [9.17, 15) is 4.79 Å².